The Morgan fingerprint density at radius 2 is 1.62 bits per heavy atom. The van der Waals surface area contributed by atoms with Gasteiger partial charge in [-0.1, -0.05) is 37.3 Å². The van der Waals surface area contributed by atoms with Crippen LogP contribution in [0.25, 0.3) is 0 Å². The molecule has 3 heteroatoms. The minimum Gasteiger partial charge on any atom is -0.497 e. The summed E-state index contributed by atoms with van der Waals surface area (Å²) in [7, 11) is 1.68. The lowest BCUT2D eigenvalue weighted by Gasteiger charge is -2.30. The predicted molar refractivity (Wildman–Crippen MR) is 104 cm³/mol. The van der Waals surface area contributed by atoms with Crippen LogP contribution in [-0.2, 0) is 0 Å². The van der Waals surface area contributed by atoms with Gasteiger partial charge in [0.25, 0.3) is 0 Å². The molecule has 0 bridgehead atoms. The Morgan fingerprint density at radius 1 is 0.923 bits per heavy atom. The molecule has 4 rings (SSSR count). The van der Waals surface area contributed by atoms with Crippen LogP contribution in [0.3, 0.4) is 0 Å². The van der Waals surface area contributed by atoms with Gasteiger partial charge in [0.15, 0.2) is 0 Å². The van der Waals surface area contributed by atoms with Crippen molar-refractivity contribution in [3.05, 3.63) is 89.5 Å². The van der Waals surface area contributed by atoms with Crippen LogP contribution in [-0.4, -0.2) is 7.11 Å². The highest BCUT2D eigenvalue weighted by Gasteiger charge is 2.37. The van der Waals surface area contributed by atoms with E-state index in [0.717, 1.165) is 11.4 Å². The molecule has 0 amide bonds. The third-order valence-corrected chi connectivity index (χ3v) is 5.17. The van der Waals surface area contributed by atoms with Gasteiger partial charge in [-0.25, -0.2) is 0 Å². The maximum Gasteiger partial charge on any atom is 0.119 e. The fourth-order valence-electron chi connectivity index (χ4n) is 3.87. The molecule has 3 aromatic carbocycles. The molecule has 0 aliphatic carbocycles. The van der Waals surface area contributed by atoms with Crippen LogP contribution in [0.2, 0.25) is 0 Å². The van der Waals surface area contributed by atoms with Crippen LogP contribution in [0.15, 0.2) is 72.8 Å². The smallest absolute Gasteiger partial charge is 0.119 e. The van der Waals surface area contributed by atoms with E-state index in [0.29, 0.717) is 11.5 Å². The van der Waals surface area contributed by atoms with E-state index in [-0.39, 0.29) is 6.04 Å². The average molecular weight is 340 g/mol. The summed E-state index contributed by atoms with van der Waals surface area (Å²) in [6.45, 7) is 2.27. The van der Waals surface area contributed by atoms with E-state index in [4.69, 9.17) is 10.00 Å². The molecule has 0 unspecified atom stereocenters. The second kappa shape index (κ2) is 6.57. The van der Waals surface area contributed by atoms with Crippen LogP contribution in [0.4, 0.5) is 11.4 Å². The lowest BCUT2D eigenvalue weighted by molar-refractivity contribution is 0.415. The van der Waals surface area contributed by atoms with E-state index in [1.807, 2.05) is 24.3 Å². The number of benzene rings is 3. The summed E-state index contributed by atoms with van der Waals surface area (Å²) in [4.78, 5) is 2.39. The molecule has 1 aliphatic rings. The molecular weight excluding hydrogens is 320 g/mol. The van der Waals surface area contributed by atoms with Crippen LogP contribution in [0.5, 0.6) is 5.75 Å². The fourth-order valence-corrected chi connectivity index (χ4v) is 3.87. The number of ether oxygens (including phenoxy) is 1. The Bertz CT molecular complexity index is 955. The largest absolute Gasteiger partial charge is 0.497 e. The zero-order valence-electron chi connectivity index (χ0n) is 14.9. The Hall–Kier alpha value is -3.25. The summed E-state index contributed by atoms with van der Waals surface area (Å²) in [5.74, 6) is 1.20. The number of methoxy groups -OCH3 is 1. The van der Waals surface area contributed by atoms with Crippen molar-refractivity contribution in [3.63, 3.8) is 0 Å². The third kappa shape index (κ3) is 2.60. The predicted octanol–water partition coefficient (Wildman–Crippen LogP) is 5.56. The molecule has 0 saturated carbocycles. The van der Waals surface area contributed by atoms with Crippen molar-refractivity contribution in [1.82, 2.24) is 0 Å². The average Bonchev–Trinajstić information content (AvgIpc) is 3.01. The number of hydrogen-bond donors (Lipinski definition) is 0. The number of hydrogen-bond acceptors (Lipinski definition) is 3. The third-order valence-electron chi connectivity index (χ3n) is 5.17. The maximum atomic E-state index is 9.09. The zero-order valence-corrected chi connectivity index (χ0v) is 14.9. The number of anilines is 2. The Labute approximate surface area is 154 Å². The van der Waals surface area contributed by atoms with E-state index in [1.54, 1.807) is 7.11 Å². The van der Waals surface area contributed by atoms with E-state index >= 15 is 0 Å². The molecule has 26 heavy (non-hydrogen) atoms. The first-order valence-corrected chi connectivity index (χ1v) is 8.75. The van der Waals surface area contributed by atoms with Crippen molar-refractivity contribution in [2.45, 2.75) is 18.9 Å². The quantitative estimate of drug-likeness (QED) is 0.626. The zero-order chi connectivity index (χ0) is 18.1. The van der Waals surface area contributed by atoms with Crippen molar-refractivity contribution < 1.29 is 4.74 Å². The monoisotopic (exact) mass is 340 g/mol. The first-order chi connectivity index (χ1) is 12.7. The topological polar surface area (TPSA) is 36.3 Å². The molecule has 1 aliphatic heterocycles. The molecule has 0 spiro atoms. The van der Waals surface area contributed by atoms with Gasteiger partial charge in [-0.15, -0.1) is 0 Å². The summed E-state index contributed by atoms with van der Waals surface area (Å²) >= 11 is 0. The molecule has 0 N–H and O–H groups in total. The summed E-state index contributed by atoms with van der Waals surface area (Å²) in [5.41, 5.74) is 5.62. The number of nitriles is 1. The summed E-state index contributed by atoms with van der Waals surface area (Å²) in [6, 6.07) is 27.1. The Balaban J connectivity index is 1.83. The number of rotatable bonds is 3. The lowest BCUT2D eigenvalue weighted by atomic mass is 9.91. The molecule has 0 fully saturated rings. The Morgan fingerprint density at radius 3 is 2.27 bits per heavy atom. The fraction of sp³-hybridized carbons (Fsp3) is 0.174. The maximum absolute atomic E-state index is 9.09. The number of para-hydroxylation sites is 1. The van der Waals surface area contributed by atoms with Crippen molar-refractivity contribution in [1.29, 1.82) is 5.26 Å². The van der Waals surface area contributed by atoms with Gasteiger partial charge in [0.1, 0.15) is 5.75 Å². The Kier molecular flexibility index (Phi) is 4.10. The van der Waals surface area contributed by atoms with Gasteiger partial charge in [-0.3, -0.25) is 0 Å². The van der Waals surface area contributed by atoms with E-state index in [2.05, 4.69) is 66.4 Å². The molecule has 0 aromatic heterocycles. The molecule has 2 atom stereocenters. The van der Waals surface area contributed by atoms with Gasteiger partial charge >= 0.3 is 0 Å². The van der Waals surface area contributed by atoms with Gasteiger partial charge < -0.3 is 9.64 Å². The van der Waals surface area contributed by atoms with Crippen LogP contribution >= 0.6 is 0 Å². The van der Waals surface area contributed by atoms with Gasteiger partial charge in [-0.2, -0.15) is 5.26 Å². The SMILES string of the molecule is COc1ccc(N2c3ccccc3[C@H](C)[C@H]2c2ccc(C#N)cc2)cc1. The standard InChI is InChI=1S/C23H20N2O/c1-16-21-5-3-4-6-22(21)25(19-11-13-20(26-2)14-12-19)23(16)18-9-7-17(15-24)8-10-18/h3-14,16,23H,1-2H3/t16-,23-/m0/s1. The second-order valence-corrected chi connectivity index (χ2v) is 6.59. The lowest BCUT2D eigenvalue weighted by Crippen LogP contribution is -2.21. The number of nitrogens with zero attached hydrogens (tertiary/aromatic N) is 2. The number of fused-ring (bicyclic) bond motifs is 1. The molecular formula is C23H20N2O. The van der Waals surface area contributed by atoms with E-state index < -0.39 is 0 Å². The van der Waals surface area contributed by atoms with Gasteiger partial charge in [0.2, 0.25) is 0 Å². The molecule has 0 saturated heterocycles. The molecule has 3 aromatic rings. The first kappa shape index (κ1) is 16.2. The highest BCUT2D eigenvalue weighted by molar-refractivity contribution is 5.73. The van der Waals surface area contributed by atoms with E-state index in [9.17, 15) is 0 Å². The molecule has 3 nitrogen and oxygen atoms in total. The molecule has 0 radical (unpaired) electrons. The van der Waals surface area contributed by atoms with Crippen molar-refractivity contribution in [3.8, 4) is 11.8 Å². The highest BCUT2D eigenvalue weighted by atomic mass is 16.5. The minimum atomic E-state index is 0.188. The van der Waals surface area contributed by atoms with Gasteiger partial charge in [0, 0.05) is 17.3 Å². The van der Waals surface area contributed by atoms with Crippen LogP contribution in [0.1, 0.15) is 35.6 Å². The highest BCUT2D eigenvalue weighted by Crippen LogP contribution is 2.52. The van der Waals surface area contributed by atoms with E-state index in [1.165, 1.54) is 16.8 Å². The van der Waals surface area contributed by atoms with Crippen molar-refractivity contribution in [2.24, 2.45) is 0 Å². The normalized spacial score (nSPS) is 18.3. The summed E-state index contributed by atoms with van der Waals surface area (Å²) in [6.07, 6.45) is 0. The van der Waals surface area contributed by atoms with Gasteiger partial charge in [0.05, 0.1) is 24.8 Å². The minimum absolute atomic E-state index is 0.188. The summed E-state index contributed by atoms with van der Waals surface area (Å²) in [5, 5.41) is 9.09. The second-order valence-electron chi connectivity index (χ2n) is 6.59. The molecule has 128 valence electrons. The van der Waals surface area contributed by atoms with Crippen molar-refractivity contribution >= 4 is 11.4 Å². The summed E-state index contributed by atoms with van der Waals surface area (Å²) < 4.78 is 5.31. The molecule has 1 heterocycles. The van der Waals surface area contributed by atoms with Crippen LogP contribution < -0.4 is 9.64 Å². The van der Waals surface area contributed by atoms with Crippen molar-refractivity contribution in [2.75, 3.05) is 12.0 Å². The van der Waals surface area contributed by atoms with Gasteiger partial charge in [-0.05, 0) is 53.6 Å². The van der Waals surface area contributed by atoms with Crippen LogP contribution in [0, 0.1) is 11.3 Å². The first-order valence-electron chi connectivity index (χ1n) is 8.75.